The summed E-state index contributed by atoms with van der Waals surface area (Å²) in [7, 11) is 0. The maximum absolute atomic E-state index is 5.73. The number of H-pyrrole nitrogens is 1. The molecule has 1 aromatic heterocycles. The van der Waals surface area contributed by atoms with Crippen molar-refractivity contribution in [2.24, 2.45) is 0 Å². The van der Waals surface area contributed by atoms with E-state index in [4.69, 9.17) is 5.73 Å². The molecule has 0 spiro atoms. The molecule has 0 saturated carbocycles. The Labute approximate surface area is 76.3 Å². The molecule has 2 aromatic rings. The van der Waals surface area contributed by atoms with Gasteiger partial charge < -0.3 is 5.73 Å². The van der Waals surface area contributed by atoms with E-state index in [0.29, 0.717) is 5.82 Å². The normalized spacial score (nSPS) is 10.5. The fourth-order valence-corrected chi connectivity index (χ4v) is 1.50. The van der Waals surface area contributed by atoms with Crippen LogP contribution in [-0.2, 0) is 6.42 Å². The van der Waals surface area contributed by atoms with Crippen LogP contribution in [0.2, 0.25) is 0 Å². The maximum Gasteiger partial charge on any atom is 0.153 e. The van der Waals surface area contributed by atoms with E-state index in [1.807, 2.05) is 24.3 Å². The molecule has 0 aliphatic rings. The monoisotopic (exact) mass is 173 g/mol. The lowest BCUT2D eigenvalue weighted by molar-refractivity contribution is 1.13. The van der Waals surface area contributed by atoms with Crippen LogP contribution in [0.5, 0.6) is 0 Å². The summed E-state index contributed by atoms with van der Waals surface area (Å²) in [6.07, 6.45) is 2.68. The number of nitrogens with two attached hydrogens (primary N) is 1. The minimum Gasteiger partial charge on any atom is -0.382 e. The fraction of sp³-hybridized carbons (Fsp3) is 0.100. The van der Waals surface area contributed by atoms with Crippen LogP contribution in [0.1, 0.15) is 5.56 Å². The predicted molar refractivity (Wildman–Crippen MR) is 54.4 cm³/mol. The number of aromatic amines is 1. The van der Waals surface area contributed by atoms with Crippen molar-refractivity contribution in [2.45, 2.75) is 6.42 Å². The lowest BCUT2D eigenvalue weighted by Gasteiger charge is -1.98. The molecule has 0 amide bonds. The minimum absolute atomic E-state index is 0.562. The summed E-state index contributed by atoms with van der Waals surface area (Å²) in [6, 6.07) is 5.99. The van der Waals surface area contributed by atoms with E-state index >= 15 is 0 Å². The number of hydrogen-bond donors (Lipinski definition) is 2. The summed E-state index contributed by atoms with van der Waals surface area (Å²) in [6.45, 7) is 3.71. The van der Waals surface area contributed by atoms with Crippen molar-refractivity contribution in [1.29, 1.82) is 0 Å². The molecule has 0 saturated heterocycles. The van der Waals surface area contributed by atoms with Crippen LogP contribution in [0.4, 0.5) is 5.82 Å². The molecule has 1 aromatic carbocycles. The van der Waals surface area contributed by atoms with Gasteiger partial charge in [-0.2, -0.15) is 5.10 Å². The van der Waals surface area contributed by atoms with E-state index in [1.165, 1.54) is 5.56 Å². The molecule has 3 nitrogen and oxygen atoms in total. The number of hydrogen-bond acceptors (Lipinski definition) is 2. The first-order chi connectivity index (χ1) is 6.33. The van der Waals surface area contributed by atoms with Crippen molar-refractivity contribution >= 4 is 16.7 Å². The van der Waals surface area contributed by atoms with Crippen molar-refractivity contribution in [3.63, 3.8) is 0 Å². The fourth-order valence-electron chi connectivity index (χ4n) is 1.50. The summed E-state index contributed by atoms with van der Waals surface area (Å²) >= 11 is 0. The first-order valence-electron chi connectivity index (χ1n) is 4.15. The van der Waals surface area contributed by atoms with Crippen LogP contribution < -0.4 is 5.73 Å². The third kappa shape index (κ3) is 1.18. The van der Waals surface area contributed by atoms with Gasteiger partial charge in [0.25, 0.3) is 0 Å². The molecule has 1 heterocycles. The van der Waals surface area contributed by atoms with Crippen LogP contribution in [-0.4, -0.2) is 10.2 Å². The zero-order valence-corrected chi connectivity index (χ0v) is 7.25. The van der Waals surface area contributed by atoms with Crippen molar-refractivity contribution in [3.05, 3.63) is 36.4 Å². The summed E-state index contributed by atoms with van der Waals surface area (Å²) in [5, 5.41) is 7.85. The molecule has 3 heteroatoms. The van der Waals surface area contributed by atoms with E-state index in [9.17, 15) is 0 Å². The molecule has 0 radical (unpaired) electrons. The smallest absolute Gasteiger partial charge is 0.153 e. The highest BCUT2D eigenvalue weighted by molar-refractivity contribution is 5.91. The van der Waals surface area contributed by atoms with Gasteiger partial charge in [0.15, 0.2) is 5.82 Å². The Morgan fingerprint density at radius 1 is 1.54 bits per heavy atom. The second-order valence-corrected chi connectivity index (χ2v) is 2.94. The number of fused-ring (bicyclic) bond motifs is 1. The first kappa shape index (κ1) is 7.86. The van der Waals surface area contributed by atoms with Gasteiger partial charge in [0.1, 0.15) is 0 Å². The zero-order valence-electron chi connectivity index (χ0n) is 7.25. The SMILES string of the molecule is C=CCc1cccc2[nH]nc(N)c12. The van der Waals surface area contributed by atoms with Gasteiger partial charge in [-0.05, 0) is 18.1 Å². The Kier molecular flexibility index (Phi) is 1.77. The second-order valence-electron chi connectivity index (χ2n) is 2.94. The number of rotatable bonds is 2. The lowest BCUT2D eigenvalue weighted by atomic mass is 10.1. The van der Waals surface area contributed by atoms with Gasteiger partial charge in [-0.25, -0.2) is 0 Å². The van der Waals surface area contributed by atoms with E-state index in [1.54, 1.807) is 0 Å². The number of nitrogen functional groups attached to an aromatic ring is 1. The number of benzene rings is 1. The molecular weight excluding hydrogens is 162 g/mol. The number of aromatic nitrogens is 2. The van der Waals surface area contributed by atoms with Crippen LogP contribution in [0, 0.1) is 0 Å². The zero-order chi connectivity index (χ0) is 9.26. The van der Waals surface area contributed by atoms with Gasteiger partial charge in [-0.1, -0.05) is 18.2 Å². The number of nitrogens with one attached hydrogen (secondary N) is 1. The quantitative estimate of drug-likeness (QED) is 0.681. The summed E-state index contributed by atoms with van der Waals surface area (Å²) in [5.41, 5.74) is 7.88. The van der Waals surface area contributed by atoms with Gasteiger partial charge in [0.05, 0.1) is 5.52 Å². The van der Waals surface area contributed by atoms with Crippen molar-refractivity contribution in [2.75, 3.05) is 5.73 Å². The molecule has 0 fully saturated rings. The molecule has 66 valence electrons. The molecule has 3 N–H and O–H groups in total. The third-order valence-corrected chi connectivity index (χ3v) is 2.07. The molecule has 0 aliphatic carbocycles. The van der Waals surface area contributed by atoms with Crippen molar-refractivity contribution in [1.82, 2.24) is 10.2 Å². The van der Waals surface area contributed by atoms with E-state index < -0.39 is 0 Å². The van der Waals surface area contributed by atoms with Gasteiger partial charge in [-0.3, -0.25) is 5.10 Å². The summed E-state index contributed by atoms with van der Waals surface area (Å²) in [4.78, 5) is 0. The molecule has 0 aliphatic heterocycles. The third-order valence-electron chi connectivity index (χ3n) is 2.07. The minimum atomic E-state index is 0.562. The van der Waals surface area contributed by atoms with Crippen LogP contribution in [0.25, 0.3) is 10.9 Å². The highest BCUT2D eigenvalue weighted by Crippen LogP contribution is 2.22. The van der Waals surface area contributed by atoms with Gasteiger partial charge in [-0.15, -0.1) is 6.58 Å². The molecule has 13 heavy (non-hydrogen) atoms. The number of allylic oxidation sites excluding steroid dienone is 1. The predicted octanol–water partition coefficient (Wildman–Crippen LogP) is 1.87. The highest BCUT2D eigenvalue weighted by atomic mass is 15.1. The highest BCUT2D eigenvalue weighted by Gasteiger charge is 2.05. The number of nitrogens with zero attached hydrogens (tertiary/aromatic N) is 1. The van der Waals surface area contributed by atoms with Crippen LogP contribution in [0.15, 0.2) is 30.9 Å². The Hall–Kier alpha value is -1.77. The Morgan fingerprint density at radius 3 is 3.15 bits per heavy atom. The Morgan fingerprint density at radius 2 is 2.38 bits per heavy atom. The first-order valence-corrected chi connectivity index (χ1v) is 4.15. The molecular formula is C10H11N3. The lowest BCUT2D eigenvalue weighted by Crippen LogP contribution is -1.88. The largest absolute Gasteiger partial charge is 0.382 e. The molecule has 0 atom stereocenters. The van der Waals surface area contributed by atoms with E-state index in [-0.39, 0.29) is 0 Å². The van der Waals surface area contributed by atoms with Gasteiger partial charge >= 0.3 is 0 Å². The average Bonchev–Trinajstić information content (AvgIpc) is 2.50. The van der Waals surface area contributed by atoms with E-state index in [2.05, 4.69) is 16.8 Å². The molecule has 0 bridgehead atoms. The number of anilines is 1. The van der Waals surface area contributed by atoms with Crippen LogP contribution >= 0.6 is 0 Å². The summed E-state index contributed by atoms with van der Waals surface area (Å²) in [5.74, 6) is 0.562. The topological polar surface area (TPSA) is 54.7 Å². The van der Waals surface area contributed by atoms with Crippen molar-refractivity contribution < 1.29 is 0 Å². The average molecular weight is 173 g/mol. The maximum atomic E-state index is 5.73. The van der Waals surface area contributed by atoms with Gasteiger partial charge in [0, 0.05) is 5.39 Å². The van der Waals surface area contributed by atoms with Crippen molar-refractivity contribution in [3.8, 4) is 0 Å². The second kappa shape index (κ2) is 2.94. The molecule has 0 unspecified atom stereocenters. The standard InChI is InChI=1S/C10H11N3/c1-2-4-7-5-3-6-8-9(7)10(11)13-12-8/h2-3,5-6H,1,4H2,(H3,11,12,13). The Bertz CT molecular complexity index is 442. The van der Waals surface area contributed by atoms with Gasteiger partial charge in [0.2, 0.25) is 0 Å². The van der Waals surface area contributed by atoms with E-state index in [0.717, 1.165) is 17.3 Å². The molecule has 2 rings (SSSR count). The van der Waals surface area contributed by atoms with Crippen LogP contribution in [0.3, 0.4) is 0 Å². The summed E-state index contributed by atoms with van der Waals surface area (Å²) < 4.78 is 0. The Balaban J connectivity index is 2.72.